The third-order valence-corrected chi connectivity index (χ3v) is 3.75. The van der Waals surface area contributed by atoms with Crippen molar-refractivity contribution in [3.05, 3.63) is 52.6 Å². The van der Waals surface area contributed by atoms with Crippen molar-refractivity contribution in [2.24, 2.45) is 0 Å². The van der Waals surface area contributed by atoms with Gasteiger partial charge in [-0.2, -0.15) is 0 Å². The largest absolute Gasteiger partial charge is 0.489 e. The van der Waals surface area contributed by atoms with E-state index in [1.807, 2.05) is 6.07 Å². The van der Waals surface area contributed by atoms with Crippen LogP contribution in [0.5, 0.6) is 5.75 Å². The Labute approximate surface area is 117 Å². The van der Waals surface area contributed by atoms with Crippen LogP contribution < -0.4 is 15.2 Å². The molecule has 0 aliphatic carbocycles. The summed E-state index contributed by atoms with van der Waals surface area (Å²) in [6, 6.07) is 10.4. The molecular formula is C15H17N3O2. The first kappa shape index (κ1) is 12.7. The van der Waals surface area contributed by atoms with E-state index in [0.717, 1.165) is 19.5 Å². The maximum absolute atomic E-state index is 11.7. The van der Waals surface area contributed by atoms with Gasteiger partial charge in [0, 0.05) is 19.0 Å². The zero-order chi connectivity index (χ0) is 13.9. The van der Waals surface area contributed by atoms with Gasteiger partial charge in [0.15, 0.2) is 5.82 Å². The third kappa shape index (κ3) is 2.27. The molecule has 1 N–H and O–H groups in total. The normalized spacial score (nSPS) is 18.2. The molecule has 0 bridgehead atoms. The topological polar surface area (TPSA) is 58.2 Å². The van der Waals surface area contributed by atoms with Crippen LogP contribution >= 0.6 is 0 Å². The number of anilines is 1. The molecule has 0 spiro atoms. The second-order valence-corrected chi connectivity index (χ2v) is 4.93. The molecule has 1 aliphatic rings. The predicted octanol–water partition coefficient (Wildman–Crippen LogP) is 1.77. The van der Waals surface area contributed by atoms with E-state index in [4.69, 9.17) is 4.74 Å². The summed E-state index contributed by atoms with van der Waals surface area (Å²) >= 11 is 0. The van der Waals surface area contributed by atoms with Gasteiger partial charge in [0.25, 0.3) is 5.56 Å². The van der Waals surface area contributed by atoms with Crippen LogP contribution in [0.15, 0.2) is 41.5 Å². The maximum Gasteiger partial charge on any atom is 0.295 e. The van der Waals surface area contributed by atoms with E-state index in [0.29, 0.717) is 17.5 Å². The number of H-pyrrole nitrogens is 1. The van der Waals surface area contributed by atoms with Crippen molar-refractivity contribution in [2.45, 2.75) is 12.3 Å². The van der Waals surface area contributed by atoms with Gasteiger partial charge >= 0.3 is 0 Å². The SMILES string of the molecule is COc1c(N2CCC(c3ccccc3)C2)nc[nH]c1=O. The molecule has 2 heterocycles. The molecule has 1 saturated heterocycles. The van der Waals surface area contributed by atoms with Crippen LogP contribution in [0.4, 0.5) is 5.82 Å². The Hall–Kier alpha value is -2.30. The number of methoxy groups -OCH3 is 1. The van der Waals surface area contributed by atoms with E-state index in [9.17, 15) is 4.79 Å². The Morgan fingerprint density at radius 1 is 1.35 bits per heavy atom. The second-order valence-electron chi connectivity index (χ2n) is 4.93. The van der Waals surface area contributed by atoms with Gasteiger partial charge in [0.2, 0.25) is 5.75 Å². The Kier molecular flexibility index (Phi) is 3.41. The van der Waals surface area contributed by atoms with Gasteiger partial charge < -0.3 is 14.6 Å². The zero-order valence-electron chi connectivity index (χ0n) is 11.4. The van der Waals surface area contributed by atoms with Crippen molar-refractivity contribution >= 4 is 5.82 Å². The number of nitrogens with one attached hydrogen (secondary N) is 1. The minimum absolute atomic E-state index is 0.235. The van der Waals surface area contributed by atoms with Crippen molar-refractivity contribution in [3.8, 4) is 5.75 Å². The summed E-state index contributed by atoms with van der Waals surface area (Å²) in [5, 5.41) is 0. The van der Waals surface area contributed by atoms with E-state index in [2.05, 4.69) is 39.1 Å². The van der Waals surface area contributed by atoms with E-state index >= 15 is 0 Å². The van der Waals surface area contributed by atoms with Gasteiger partial charge in [-0.1, -0.05) is 30.3 Å². The van der Waals surface area contributed by atoms with Crippen LogP contribution in [0.2, 0.25) is 0 Å². The molecule has 5 nitrogen and oxygen atoms in total. The molecular weight excluding hydrogens is 254 g/mol. The highest BCUT2D eigenvalue weighted by Crippen LogP contribution is 2.32. The number of aromatic amines is 1. The monoisotopic (exact) mass is 271 g/mol. The predicted molar refractivity (Wildman–Crippen MR) is 77.4 cm³/mol. The number of hydrogen-bond acceptors (Lipinski definition) is 4. The van der Waals surface area contributed by atoms with E-state index in [1.165, 1.54) is 19.0 Å². The molecule has 1 aliphatic heterocycles. The summed E-state index contributed by atoms with van der Waals surface area (Å²) in [6.45, 7) is 1.74. The fourth-order valence-electron chi connectivity index (χ4n) is 2.74. The van der Waals surface area contributed by atoms with Gasteiger partial charge in [-0.05, 0) is 12.0 Å². The van der Waals surface area contributed by atoms with Gasteiger partial charge in [0.1, 0.15) is 0 Å². The first-order valence-corrected chi connectivity index (χ1v) is 6.71. The maximum atomic E-state index is 11.7. The highest BCUT2D eigenvalue weighted by molar-refractivity contribution is 5.52. The van der Waals surface area contributed by atoms with Crippen molar-refractivity contribution in [1.82, 2.24) is 9.97 Å². The van der Waals surface area contributed by atoms with Crippen molar-refractivity contribution in [3.63, 3.8) is 0 Å². The quantitative estimate of drug-likeness (QED) is 0.924. The lowest BCUT2D eigenvalue weighted by molar-refractivity contribution is 0.406. The molecule has 2 aromatic rings. The molecule has 1 fully saturated rings. The first-order chi connectivity index (χ1) is 9.79. The second kappa shape index (κ2) is 5.36. The molecule has 3 rings (SSSR count). The minimum Gasteiger partial charge on any atom is -0.489 e. The van der Waals surface area contributed by atoms with E-state index in [-0.39, 0.29) is 5.56 Å². The van der Waals surface area contributed by atoms with E-state index < -0.39 is 0 Å². The van der Waals surface area contributed by atoms with Crippen molar-refractivity contribution in [1.29, 1.82) is 0 Å². The third-order valence-electron chi connectivity index (χ3n) is 3.75. The number of benzene rings is 1. The number of rotatable bonds is 3. The summed E-state index contributed by atoms with van der Waals surface area (Å²) < 4.78 is 5.18. The molecule has 1 unspecified atom stereocenters. The van der Waals surface area contributed by atoms with E-state index in [1.54, 1.807) is 0 Å². The number of ether oxygens (including phenoxy) is 1. The lowest BCUT2D eigenvalue weighted by Crippen LogP contribution is -2.24. The molecule has 1 aromatic heterocycles. The molecule has 20 heavy (non-hydrogen) atoms. The number of hydrogen-bond donors (Lipinski definition) is 1. The average molecular weight is 271 g/mol. The van der Waals surface area contributed by atoms with Crippen LogP contribution in [-0.4, -0.2) is 30.2 Å². The summed E-state index contributed by atoms with van der Waals surface area (Å²) in [5.74, 6) is 1.40. The molecule has 5 heteroatoms. The minimum atomic E-state index is -0.235. The molecule has 1 atom stereocenters. The molecule has 0 radical (unpaired) electrons. The van der Waals surface area contributed by atoms with Gasteiger partial charge in [0.05, 0.1) is 13.4 Å². The van der Waals surface area contributed by atoms with Gasteiger partial charge in [-0.3, -0.25) is 4.79 Å². The smallest absolute Gasteiger partial charge is 0.295 e. The van der Waals surface area contributed by atoms with Crippen molar-refractivity contribution < 1.29 is 4.74 Å². The fraction of sp³-hybridized carbons (Fsp3) is 0.333. The highest BCUT2D eigenvalue weighted by Gasteiger charge is 2.27. The van der Waals surface area contributed by atoms with Crippen LogP contribution in [0.25, 0.3) is 0 Å². The zero-order valence-corrected chi connectivity index (χ0v) is 11.4. The fourth-order valence-corrected chi connectivity index (χ4v) is 2.74. The van der Waals surface area contributed by atoms with Crippen LogP contribution in [0.3, 0.4) is 0 Å². The van der Waals surface area contributed by atoms with Gasteiger partial charge in [-0.25, -0.2) is 4.98 Å². The van der Waals surface area contributed by atoms with Crippen LogP contribution in [0, 0.1) is 0 Å². The Bertz CT molecular complexity index is 639. The Morgan fingerprint density at radius 2 is 2.15 bits per heavy atom. The van der Waals surface area contributed by atoms with Gasteiger partial charge in [-0.15, -0.1) is 0 Å². The molecule has 0 amide bonds. The summed E-state index contributed by atoms with van der Waals surface area (Å²) in [6.07, 6.45) is 2.48. The van der Waals surface area contributed by atoms with Crippen LogP contribution in [0.1, 0.15) is 17.9 Å². The summed E-state index contributed by atoms with van der Waals surface area (Å²) in [7, 11) is 1.50. The lowest BCUT2D eigenvalue weighted by Gasteiger charge is -2.19. The molecule has 1 aromatic carbocycles. The van der Waals surface area contributed by atoms with Crippen molar-refractivity contribution in [2.75, 3.05) is 25.1 Å². The molecule has 0 saturated carbocycles. The standard InChI is InChI=1S/C15H17N3O2/c1-20-13-14(16-10-17-15(13)19)18-8-7-12(9-18)11-5-3-2-4-6-11/h2-6,10,12H,7-9H2,1H3,(H,16,17,19). The average Bonchev–Trinajstić information content (AvgIpc) is 2.97. The number of aromatic nitrogens is 2. The number of nitrogens with zero attached hydrogens (tertiary/aromatic N) is 2. The summed E-state index contributed by atoms with van der Waals surface area (Å²) in [4.78, 5) is 20.7. The Morgan fingerprint density at radius 3 is 2.90 bits per heavy atom. The van der Waals surface area contributed by atoms with Crippen LogP contribution in [-0.2, 0) is 0 Å². The lowest BCUT2D eigenvalue weighted by atomic mass is 9.99. The first-order valence-electron chi connectivity index (χ1n) is 6.71. The Balaban J connectivity index is 1.85. The summed E-state index contributed by atoms with van der Waals surface area (Å²) in [5.41, 5.74) is 1.10. The molecule has 104 valence electrons. The highest BCUT2D eigenvalue weighted by atomic mass is 16.5.